The number of carbonyl (C=O) groups excluding carboxylic acids is 1. The van der Waals surface area contributed by atoms with Crippen molar-refractivity contribution < 1.29 is 30.8 Å². The monoisotopic (exact) mass is 447 g/mol. The molecule has 0 aliphatic carbocycles. The van der Waals surface area contributed by atoms with Crippen LogP contribution in [0.3, 0.4) is 0 Å². The Hall–Kier alpha value is -2.60. The number of nitrogens with one attached hydrogen (secondary N) is 1. The van der Waals surface area contributed by atoms with Crippen LogP contribution < -0.4 is 5.32 Å². The number of nitrogens with zero attached hydrogens (tertiary/aromatic N) is 2. The Kier molecular flexibility index (Phi) is 6.13. The lowest BCUT2D eigenvalue weighted by atomic mass is 10.3. The fraction of sp³-hybridized carbons (Fsp3) is 0.176. The van der Waals surface area contributed by atoms with Crippen molar-refractivity contribution in [3.05, 3.63) is 48.5 Å². The molecule has 0 saturated heterocycles. The van der Waals surface area contributed by atoms with E-state index in [2.05, 4.69) is 10.3 Å². The molecule has 29 heavy (non-hydrogen) atoms. The summed E-state index contributed by atoms with van der Waals surface area (Å²) in [4.78, 5) is 15.5. The van der Waals surface area contributed by atoms with Crippen molar-refractivity contribution in [3.63, 3.8) is 0 Å². The second-order valence-corrected chi connectivity index (χ2v) is 8.50. The van der Waals surface area contributed by atoms with Crippen molar-refractivity contribution >= 4 is 44.2 Å². The van der Waals surface area contributed by atoms with E-state index in [9.17, 15) is 30.8 Å². The Bertz CT molecular complexity index is 1150. The maximum absolute atomic E-state index is 13.4. The van der Waals surface area contributed by atoms with Gasteiger partial charge in [-0.05, 0) is 24.3 Å². The third-order valence-corrected chi connectivity index (χ3v) is 6.18. The van der Waals surface area contributed by atoms with E-state index in [0.717, 1.165) is 12.1 Å². The minimum Gasteiger partial charge on any atom is -0.324 e. The van der Waals surface area contributed by atoms with E-state index >= 15 is 0 Å². The quantitative estimate of drug-likeness (QED) is 0.435. The van der Waals surface area contributed by atoms with Gasteiger partial charge in [-0.1, -0.05) is 36.0 Å². The van der Waals surface area contributed by atoms with Crippen molar-refractivity contribution in [2.75, 3.05) is 11.1 Å². The molecular formula is C17H13F4N3O3S2. The van der Waals surface area contributed by atoms with Crippen LogP contribution in [0.4, 0.5) is 23.2 Å². The van der Waals surface area contributed by atoms with E-state index in [1.807, 2.05) is 0 Å². The van der Waals surface area contributed by atoms with Crippen molar-refractivity contribution in [1.29, 1.82) is 0 Å². The van der Waals surface area contributed by atoms with Gasteiger partial charge in [-0.2, -0.15) is 17.6 Å². The Labute approximate surface area is 166 Å². The fourth-order valence-electron chi connectivity index (χ4n) is 2.54. The molecule has 0 aliphatic rings. The molecule has 2 aromatic carbocycles. The summed E-state index contributed by atoms with van der Waals surface area (Å²) in [5.74, 6) is -4.81. The molecule has 0 bridgehead atoms. The number of aromatic nitrogens is 2. The van der Waals surface area contributed by atoms with E-state index in [1.165, 1.54) is 18.2 Å². The SMILES string of the molecule is O=C(CSc1nc2ccccc2n1C(F)F)Nc1ccccc1S(=O)(=O)C(F)F. The molecule has 1 N–H and O–H groups in total. The van der Waals surface area contributed by atoms with Crippen LogP contribution in [0.1, 0.15) is 6.55 Å². The highest BCUT2D eigenvalue weighted by Gasteiger charge is 2.29. The van der Waals surface area contributed by atoms with Crippen molar-refractivity contribution in [2.45, 2.75) is 22.4 Å². The lowest BCUT2D eigenvalue weighted by Crippen LogP contribution is -2.19. The number of rotatable bonds is 7. The summed E-state index contributed by atoms with van der Waals surface area (Å²) >= 11 is 0.710. The molecule has 3 aromatic rings. The zero-order valence-corrected chi connectivity index (χ0v) is 16.1. The van der Waals surface area contributed by atoms with Crippen LogP contribution in [0.5, 0.6) is 0 Å². The number of anilines is 1. The standard InChI is InChI=1S/C17H13F4N3O3S2/c18-15(19)24-12-7-3-1-5-10(12)23-17(24)28-9-14(25)22-11-6-2-4-8-13(11)29(26,27)16(20)21/h1-8,15-16H,9H2,(H,22,25). The minimum absolute atomic E-state index is 0.107. The number of hydrogen-bond donors (Lipinski definition) is 1. The zero-order chi connectivity index (χ0) is 21.2. The van der Waals surface area contributed by atoms with Crippen LogP contribution in [0.15, 0.2) is 58.6 Å². The van der Waals surface area contributed by atoms with Crippen LogP contribution in [-0.2, 0) is 14.6 Å². The maximum Gasteiger partial charge on any atom is 0.341 e. The van der Waals surface area contributed by atoms with Crippen LogP contribution >= 0.6 is 11.8 Å². The fourth-order valence-corrected chi connectivity index (χ4v) is 4.24. The van der Waals surface area contributed by atoms with E-state index in [4.69, 9.17) is 0 Å². The lowest BCUT2D eigenvalue weighted by Gasteiger charge is -2.11. The summed E-state index contributed by atoms with van der Waals surface area (Å²) in [6.07, 6.45) is 0. The predicted molar refractivity (Wildman–Crippen MR) is 100.0 cm³/mol. The van der Waals surface area contributed by atoms with Crippen LogP contribution in [0, 0.1) is 0 Å². The maximum atomic E-state index is 13.4. The molecular weight excluding hydrogens is 434 g/mol. The lowest BCUT2D eigenvalue weighted by molar-refractivity contribution is -0.113. The van der Waals surface area contributed by atoms with Gasteiger partial charge in [0.1, 0.15) is 0 Å². The van der Waals surface area contributed by atoms with Gasteiger partial charge in [0, 0.05) is 0 Å². The molecule has 6 nitrogen and oxygen atoms in total. The second-order valence-electron chi connectivity index (χ2n) is 5.67. The topological polar surface area (TPSA) is 81.1 Å². The van der Waals surface area contributed by atoms with Gasteiger partial charge in [-0.15, -0.1) is 0 Å². The Morgan fingerprint density at radius 2 is 1.72 bits per heavy atom. The Morgan fingerprint density at radius 1 is 1.07 bits per heavy atom. The van der Waals surface area contributed by atoms with Crippen LogP contribution in [0.25, 0.3) is 11.0 Å². The van der Waals surface area contributed by atoms with E-state index in [0.29, 0.717) is 21.8 Å². The highest BCUT2D eigenvalue weighted by Crippen LogP contribution is 2.30. The molecule has 0 aliphatic heterocycles. The normalized spacial score (nSPS) is 12.1. The van der Waals surface area contributed by atoms with Gasteiger partial charge in [-0.3, -0.25) is 9.36 Å². The van der Waals surface area contributed by atoms with Gasteiger partial charge in [0.2, 0.25) is 15.7 Å². The summed E-state index contributed by atoms with van der Waals surface area (Å²) in [7, 11) is -4.93. The summed E-state index contributed by atoms with van der Waals surface area (Å²) in [5.41, 5.74) is 0.198. The second kappa shape index (κ2) is 8.41. The third-order valence-electron chi connectivity index (χ3n) is 3.79. The molecule has 154 valence electrons. The molecule has 0 unspecified atom stereocenters. The van der Waals surface area contributed by atoms with Gasteiger partial charge in [-0.25, -0.2) is 13.4 Å². The van der Waals surface area contributed by atoms with Crippen LogP contribution in [0.2, 0.25) is 0 Å². The van der Waals surface area contributed by atoms with Gasteiger partial charge in [0.15, 0.2) is 5.16 Å². The molecule has 0 radical (unpaired) electrons. The molecule has 3 rings (SSSR count). The number of hydrogen-bond acceptors (Lipinski definition) is 5. The first kappa shape index (κ1) is 21.1. The molecule has 12 heteroatoms. The number of benzene rings is 2. The van der Waals surface area contributed by atoms with Crippen molar-refractivity contribution in [3.8, 4) is 0 Å². The minimum atomic E-state index is -4.93. The number of carbonyl (C=O) groups is 1. The van der Waals surface area contributed by atoms with Gasteiger partial charge in [0.05, 0.1) is 27.4 Å². The number of para-hydroxylation sites is 3. The smallest absolute Gasteiger partial charge is 0.324 e. The number of fused-ring (bicyclic) bond motifs is 1. The third kappa shape index (κ3) is 4.37. The number of thioether (sulfide) groups is 1. The number of imidazole rings is 1. The molecule has 1 amide bonds. The number of sulfone groups is 1. The van der Waals surface area contributed by atoms with Crippen molar-refractivity contribution in [1.82, 2.24) is 9.55 Å². The molecule has 0 saturated carbocycles. The zero-order valence-electron chi connectivity index (χ0n) is 14.4. The summed E-state index contributed by atoms with van der Waals surface area (Å²) in [6, 6.07) is 10.9. The Morgan fingerprint density at radius 3 is 2.41 bits per heavy atom. The first-order valence-electron chi connectivity index (χ1n) is 8.00. The molecule has 1 heterocycles. The average Bonchev–Trinajstić information content (AvgIpc) is 3.05. The highest BCUT2D eigenvalue weighted by atomic mass is 32.2. The van der Waals surface area contributed by atoms with Gasteiger partial charge < -0.3 is 5.32 Å². The first-order chi connectivity index (χ1) is 13.7. The predicted octanol–water partition coefficient (Wildman–Crippen LogP) is 4.16. The van der Waals surface area contributed by atoms with E-state index < -0.39 is 32.9 Å². The summed E-state index contributed by atoms with van der Waals surface area (Å²) in [6.45, 7) is -2.88. The number of alkyl halides is 4. The highest BCUT2D eigenvalue weighted by molar-refractivity contribution is 7.99. The Balaban J connectivity index is 1.79. The average molecular weight is 447 g/mol. The van der Waals surface area contributed by atoms with Gasteiger partial charge in [0.25, 0.3) is 0 Å². The van der Waals surface area contributed by atoms with E-state index in [-0.39, 0.29) is 22.1 Å². The van der Waals surface area contributed by atoms with Crippen molar-refractivity contribution in [2.24, 2.45) is 0 Å². The number of amides is 1. The molecule has 0 atom stereocenters. The summed E-state index contributed by atoms with van der Waals surface area (Å²) in [5, 5.41) is 2.12. The first-order valence-corrected chi connectivity index (χ1v) is 10.5. The molecule has 1 aromatic heterocycles. The molecule has 0 spiro atoms. The summed E-state index contributed by atoms with van der Waals surface area (Å²) < 4.78 is 76.6. The molecule has 0 fully saturated rings. The van der Waals surface area contributed by atoms with Crippen LogP contribution in [-0.4, -0.2) is 35.4 Å². The number of halogens is 4. The van der Waals surface area contributed by atoms with Gasteiger partial charge >= 0.3 is 12.3 Å². The largest absolute Gasteiger partial charge is 0.341 e. The van der Waals surface area contributed by atoms with E-state index in [1.54, 1.807) is 18.2 Å².